The van der Waals surface area contributed by atoms with Gasteiger partial charge in [0.2, 0.25) is 0 Å². The molecule has 0 aromatic heterocycles. The lowest BCUT2D eigenvalue weighted by Gasteiger charge is -2.50. The number of amides is 1. The number of aliphatic hydroxyl groups excluding tert-OH is 1. The van der Waals surface area contributed by atoms with Crippen LogP contribution in [0.1, 0.15) is 27.2 Å². The number of ether oxygens (including phenoxy) is 2. The van der Waals surface area contributed by atoms with E-state index < -0.39 is 11.7 Å². The minimum atomic E-state index is -0.502. The Morgan fingerprint density at radius 2 is 2.12 bits per heavy atom. The van der Waals surface area contributed by atoms with Crippen molar-refractivity contribution in [2.45, 2.75) is 38.9 Å². The Morgan fingerprint density at radius 1 is 1.47 bits per heavy atom. The van der Waals surface area contributed by atoms with E-state index in [4.69, 9.17) is 9.47 Å². The lowest BCUT2D eigenvalue weighted by molar-refractivity contribution is -0.194. The van der Waals surface area contributed by atoms with Gasteiger partial charge in [-0.2, -0.15) is 0 Å². The van der Waals surface area contributed by atoms with Gasteiger partial charge in [-0.25, -0.2) is 4.79 Å². The molecule has 5 nitrogen and oxygen atoms in total. The third kappa shape index (κ3) is 2.55. The fourth-order valence-electron chi connectivity index (χ4n) is 2.21. The molecule has 2 saturated heterocycles. The van der Waals surface area contributed by atoms with Crippen LogP contribution in [-0.4, -0.2) is 54.1 Å². The summed E-state index contributed by atoms with van der Waals surface area (Å²) in [4.78, 5) is 13.4. The molecule has 2 aliphatic heterocycles. The molecule has 1 spiro atoms. The zero-order chi connectivity index (χ0) is 12.7. The summed E-state index contributed by atoms with van der Waals surface area (Å²) in [5, 5.41) is 10.1. The van der Waals surface area contributed by atoms with E-state index in [-0.39, 0.29) is 11.5 Å². The van der Waals surface area contributed by atoms with Crippen LogP contribution in [0, 0.1) is 5.41 Å². The lowest BCUT2D eigenvalue weighted by Crippen LogP contribution is -2.61. The minimum Gasteiger partial charge on any atom is -0.444 e. The van der Waals surface area contributed by atoms with Crippen LogP contribution in [0.3, 0.4) is 0 Å². The number of aliphatic hydroxyl groups is 1. The van der Waals surface area contributed by atoms with E-state index in [2.05, 4.69) is 0 Å². The van der Waals surface area contributed by atoms with Gasteiger partial charge in [0, 0.05) is 12.0 Å². The van der Waals surface area contributed by atoms with Gasteiger partial charge in [0.15, 0.2) is 0 Å². The molecule has 5 heteroatoms. The summed E-state index contributed by atoms with van der Waals surface area (Å²) in [6.45, 7) is 7.71. The van der Waals surface area contributed by atoms with Crippen LogP contribution in [0.15, 0.2) is 0 Å². The fourth-order valence-corrected chi connectivity index (χ4v) is 2.21. The highest BCUT2D eigenvalue weighted by Crippen LogP contribution is 2.38. The van der Waals surface area contributed by atoms with Crippen molar-refractivity contribution in [1.29, 1.82) is 0 Å². The number of nitrogens with zero attached hydrogens (tertiary/aromatic N) is 1. The van der Waals surface area contributed by atoms with Crippen LogP contribution in [-0.2, 0) is 9.47 Å². The molecule has 2 aliphatic rings. The van der Waals surface area contributed by atoms with E-state index in [9.17, 15) is 9.90 Å². The molecule has 0 aromatic carbocycles. The van der Waals surface area contributed by atoms with Crippen LogP contribution >= 0.6 is 0 Å². The van der Waals surface area contributed by atoms with Crippen molar-refractivity contribution in [1.82, 2.24) is 4.90 Å². The van der Waals surface area contributed by atoms with Crippen molar-refractivity contribution in [2.24, 2.45) is 5.41 Å². The van der Waals surface area contributed by atoms with Gasteiger partial charge in [-0.05, 0) is 27.2 Å². The van der Waals surface area contributed by atoms with Crippen LogP contribution in [0.5, 0.6) is 0 Å². The summed E-state index contributed by atoms with van der Waals surface area (Å²) < 4.78 is 10.5. The Hall–Kier alpha value is -0.810. The van der Waals surface area contributed by atoms with E-state index in [0.29, 0.717) is 26.3 Å². The monoisotopic (exact) mass is 243 g/mol. The van der Waals surface area contributed by atoms with Gasteiger partial charge < -0.3 is 19.5 Å². The summed E-state index contributed by atoms with van der Waals surface area (Å²) in [6.07, 6.45) is -0.0582. The molecule has 2 heterocycles. The van der Waals surface area contributed by atoms with Gasteiger partial charge in [-0.3, -0.25) is 0 Å². The van der Waals surface area contributed by atoms with Gasteiger partial charge in [-0.1, -0.05) is 0 Å². The maximum atomic E-state index is 11.8. The molecule has 17 heavy (non-hydrogen) atoms. The molecule has 1 amide bonds. The second-order valence-corrected chi connectivity index (χ2v) is 6.05. The molecule has 0 radical (unpaired) electrons. The predicted octanol–water partition coefficient (Wildman–Crippen LogP) is 1.00. The van der Waals surface area contributed by atoms with Crippen molar-refractivity contribution >= 4 is 6.09 Å². The first-order valence-corrected chi connectivity index (χ1v) is 6.06. The summed E-state index contributed by atoms with van der Waals surface area (Å²) in [6, 6.07) is 0. The summed E-state index contributed by atoms with van der Waals surface area (Å²) in [5.74, 6) is 0. The predicted molar refractivity (Wildman–Crippen MR) is 61.7 cm³/mol. The third-order valence-corrected chi connectivity index (χ3v) is 3.41. The maximum absolute atomic E-state index is 11.8. The molecule has 1 unspecified atom stereocenters. The van der Waals surface area contributed by atoms with Gasteiger partial charge in [-0.15, -0.1) is 0 Å². The van der Waals surface area contributed by atoms with Crippen molar-refractivity contribution < 1.29 is 19.4 Å². The normalized spacial score (nSPS) is 27.8. The van der Waals surface area contributed by atoms with Crippen LogP contribution in [0.25, 0.3) is 0 Å². The summed E-state index contributed by atoms with van der Waals surface area (Å²) in [7, 11) is 0. The molecule has 0 aromatic rings. The van der Waals surface area contributed by atoms with Gasteiger partial charge in [0.1, 0.15) is 5.60 Å². The van der Waals surface area contributed by atoms with Crippen LogP contribution < -0.4 is 0 Å². The second kappa shape index (κ2) is 4.14. The topological polar surface area (TPSA) is 59.0 Å². The van der Waals surface area contributed by atoms with Gasteiger partial charge in [0.25, 0.3) is 0 Å². The average molecular weight is 243 g/mol. The van der Waals surface area contributed by atoms with Gasteiger partial charge >= 0.3 is 6.09 Å². The molecule has 0 bridgehead atoms. The molecular formula is C12H21NO4. The van der Waals surface area contributed by atoms with Crippen molar-refractivity contribution in [3.05, 3.63) is 0 Å². The van der Waals surface area contributed by atoms with E-state index >= 15 is 0 Å². The van der Waals surface area contributed by atoms with Crippen molar-refractivity contribution in [3.63, 3.8) is 0 Å². The van der Waals surface area contributed by atoms with E-state index in [1.807, 2.05) is 20.8 Å². The van der Waals surface area contributed by atoms with Crippen molar-refractivity contribution in [2.75, 3.05) is 26.3 Å². The minimum absolute atomic E-state index is 0.113. The number of carbonyl (C=O) groups excluding carboxylic acids is 1. The Labute approximate surface area is 102 Å². The molecule has 1 N–H and O–H groups in total. The number of carbonyl (C=O) groups is 1. The first kappa shape index (κ1) is 12.6. The number of β-amino-alcohol motifs (C(OH)–C–C–N with tert-alkyl or cyclic N) is 1. The molecule has 2 rings (SSSR count). The third-order valence-electron chi connectivity index (χ3n) is 3.41. The fraction of sp³-hybridized carbons (Fsp3) is 0.917. The standard InChI is InChI=1S/C12H21NO4/c1-11(2,3)17-10(15)13-5-4-12(7-16-8-12)9(14)6-13/h9,14H,4-8H2,1-3H3. The zero-order valence-electron chi connectivity index (χ0n) is 10.7. The highest BCUT2D eigenvalue weighted by atomic mass is 16.6. The molecular weight excluding hydrogens is 222 g/mol. The smallest absolute Gasteiger partial charge is 0.410 e. The Bertz CT molecular complexity index is 306. The summed E-state index contributed by atoms with van der Waals surface area (Å²) in [5.41, 5.74) is -0.602. The average Bonchev–Trinajstić information content (AvgIpc) is 2.12. The second-order valence-electron chi connectivity index (χ2n) is 6.05. The number of hydrogen-bond acceptors (Lipinski definition) is 4. The summed E-state index contributed by atoms with van der Waals surface area (Å²) >= 11 is 0. The Morgan fingerprint density at radius 3 is 2.53 bits per heavy atom. The van der Waals surface area contributed by atoms with Crippen LogP contribution in [0.4, 0.5) is 4.79 Å². The molecule has 2 fully saturated rings. The molecule has 98 valence electrons. The first-order valence-electron chi connectivity index (χ1n) is 6.06. The Kier molecular flexibility index (Phi) is 3.08. The number of piperidine rings is 1. The highest BCUT2D eigenvalue weighted by molar-refractivity contribution is 5.68. The van der Waals surface area contributed by atoms with E-state index in [1.165, 1.54) is 0 Å². The molecule has 1 atom stereocenters. The van der Waals surface area contributed by atoms with E-state index in [1.54, 1.807) is 4.90 Å². The number of likely N-dealkylation sites (tertiary alicyclic amines) is 1. The lowest BCUT2D eigenvalue weighted by atomic mass is 9.74. The molecule has 0 aliphatic carbocycles. The quantitative estimate of drug-likeness (QED) is 0.689. The number of hydrogen-bond donors (Lipinski definition) is 1. The van der Waals surface area contributed by atoms with Crippen molar-refractivity contribution in [3.8, 4) is 0 Å². The van der Waals surface area contributed by atoms with Crippen LogP contribution in [0.2, 0.25) is 0 Å². The molecule has 0 saturated carbocycles. The maximum Gasteiger partial charge on any atom is 0.410 e. The van der Waals surface area contributed by atoms with E-state index in [0.717, 1.165) is 6.42 Å². The first-order chi connectivity index (χ1) is 7.82. The number of rotatable bonds is 0. The zero-order valence-corrected chi connectivity index (χ0v) is 10.7. The van der Waals surface area contributed by atoms with Gasteiger partial charge in [0.05, 0.1) is 25.9 Å². The SMILES string of the molecule is CC(C)(C)OC(=O)N1CCC2(COC2)C(O)C1. The largest absolute Gasteiger partial charge is 0.444 e. The highest BCUT2D eigenvalue weighted by Gasteiger charge is 2.49. The Balaban J connectivity index is 1.91.